The first kappa shape index (κ1) is 12.7. The van der Waals surface area contributed by atoms with Crippen LogP contribution in [0.5, 0.6) is 0 Å². The van der Waals surface area contributed by atoms with Gasteiger partial charge in [0.25, 0.3) is 0 Å². The molecule has 0 amide bonds. The molecule has 18 heavy (non-hydrogen) atoms. The van der Waals surface area contributed by atoms with Crippen molar-refractivity contribution in [1.29, 1.82) is 0 Å². The van der Waals surface area contributed by atoms with Crippen molar-refractivity contribution in [3.63, 3.8) is 0 Å². The maximum Gasteiger partial charge on any atom is 0.173 e. The minimum absolute atomic E-state index is 0.120. The second kappa shape index (κ2) is 5.73. The molecule has 1 atom stereocenters. The van der Waals surface area contributed by atoms with E-state index >= 15 is 0 Å². The number of rotatable bonds is 5. The molecule has 2 rings (SSSR count). The summed E-state index contributed by atoms with van der Waals surface area (Å²) in [5, 5.41) is 15.2. The third-order valence-electron chi connectivity index (χ3n) is 3.05. The topological polar surface area (TPSA) is 55.6 Å². The van der Waals surface area contributed by atoms with E-state index in [1.54, 1.807) is 0 Å². The predicted molar refractivity (Wildman–Crippen MR) is 70.6 cm³/mol. The summed E-state index contributed by atoms with van der Waals surface area (Å²) < 4.78 is 1.83. The van der Waals surface area contributed by atoms with Gasteiger partial charge >= 0.3 is 0 Å². The monoisotopic (exact) mass is 245 g/mol. The smallest absolute Gasteiger partial charge is 0.173 e. The second-order valence-electron chi connectivity index (χ2n) is 4.34. The number of benzene rings is 1. The van der Waals surface area contributed by atoms with Gasteiger partial charge in [0.15, 0.2) is 5.82 Å². The van der Waals surface area contributed by atoms with Crippen molar-refractivity contribution >= 4 is 0 Å². The molecule has 0 fully saturated rings. The van der Waals surface area contributed by atoms with Crippen molar-refractivity contribution in [2.75, 3.05) is 7.05 Å². The van der Waals surface area contributed by atoms with Crippen LogP contribution in [0.15, 0.2) is 24.3 Å². The fourth-order valence-corrected chi connectivity index (χ4v) is 1.96. The number of nitrogens with zero attached hydrogens (tertiary/aromatic N) is 4. The Kier molecular flexibility index (Phi) is 4.04. The summed E-state index contributed by atoms with van der Waals surface area (Å²) in [4.78, 5) is 0. The van der Waals surface area contributed by atoms with Gasteiger partial charge in [0.05, 0.1) is 11.7 Å². The highest BCUT2D eigenvalue weighted by Gasteiger charge is 2.15. The predicted octanol–water partition coefficient (Wildman–Crippen LogP) is 1.90. The summed E-state index contributed by atoms with van der Waals surface area (Å²) in [6.45, 7) is 4.22. The molecular weight excluding hydrogens is 226 g/mol. The van der Waals surface area contributed by atoms with Crippen LogP contribution < -0.4 is 5.32 Å². The molecule has 1 unspecified atom stereocenters. The van der Waals surface area contributed by atoms with E-state index in [2.05, 4.69) is 46.0 Å². The van der Waals surface area contributed by atoms with Crippen LogP contribution in [0, 0.1) is 0 Å². The lowest BCUT2D eigenvalue weighted by Crippen LogP contribution is -2.18. The number of hydrogen-bond donors (Lipinski definition) is 1. The number of aryl methyl sites for hydroxylation is 1. The summed E-state index contributed by atoms with van der Waals surface area (Å²) >= 11 is 0. The normalized spacial score (nSPS) is 12.6. The Morgan fingerprint density at radius 3 is 2.83 bits per heavy atom. The SMILES string of the molecule is CCCc1ccccc1-n1nnnc1C(C)NC. The van der Waals surface area contributed by atoms with Gasteiger partial charge in [-0.1, -0.05) is 31.5 Å². The van der Waals surface area contributed by atoms with Crippen molar-refractivity contribution in [2.45, 2.75) is 32.7 Å². The Morgan fingerprint density at radius 1 is 1.33 bits per heavy atom. The summed E-state index contributed by atoms with van der Waals surface area (Å²) in [5.41, 5.74) is 2.35. The second-order valence-corrected chi connectivity index (χ2v) is 4.34. The van der Waals surface area contributed by atoms with Crippen molar-refractivity contribution in [2.24, 2.45) is 0 Å². The maximum atomic E-state index is 4.11. The van der Waals surface area contributed by atoms with E-state index in [9.17, 15) is 0 Å². The quantitative estimate of drug-likeness (QED) is 0.874. The van der Waals surface area contributed by atoms with Gasteiger partial charge in [-0.3, -0.25) is 0 Å². The van der Waals surface area contributed by atoms with Crippen LogP contribution in [-0.2, 0) is 6.42 Å². The zero-order valence-corrected chi connectivity index (χ0v) is 11.1. The highest BCUT2D eigenvalue weighted by Crippen LogP contribution is 2.18. The zero-order valence-electron chi connectivity index (χ0n) is 11.1. The van der Waals surface area contributed by atoms with E-state index in [1.165, 1.54) is 5.56 Å². The molecule has 0 saturated carbocycles. The van der Waals surface area contributed by atoms with Crippen LogP contribution in [0.4, 0.5) is 0 Å². The lowest BCUT2D eigenvalue weighted by molar-refractivity contribution is 0.587. The third-order valence-corrected chi connectivity index (χ3v) is 3.05. The Bertz CT molecular complexity index is 506. The average molecular weight is 245 g/mol. The first-order chi connectivity index (χ1) is 8.77. The van der Waals surface area contributed by atoms with E-state index in [-0.39, 0.29) is 6.04 Å². The zero-order chi connectivity index (χ0) is 13.0. The molecular formula is C13H19N5. The molecule has 0 spiro atoms. The van der Waals surface area contributed by atoms with Crippen LogP contribution in [0.2, 0.25) is 0 Å². The van der Waals surface area contributed by atoms with Crippen LogP contribution in [0.3, 0.4) is 0 Å². The molecule has 0 aliphatic heterocycles. The van der Waals surface area contributed by atoms with Gasteiger partial charge in [0, 0.05) is 0 Å². The molecule has 0 aliphatic carbocycles. The molecule has 0 bridgehead atoms. The summed E-state index contributed by atoms with van der Waals surface area (Å²) in [5.74, 6) is 0.834. The lowest BCUT2D eigenvalue weighted by atomic mass is 10.1. The maximum absolute atomic E-state index is 4.11. The van der Waals surface area contributed by atoms with Crippen molar-refractivity contribution in [3.8, 4) is 5.69 Å². The van der Waals surface area contributed by atoms with Gasteiger partial charge in [-0.05, 0) is 42.4 Å². The number of nitrogens with one attached hydrogen (secondary N) is 1. The number of tetrazole rings is 1. The summed E-state index contributed by atoms with van der Waals surface area (Å²) in [6, 6.07) is 8.39. The van der Waals surface area contributed by atoms with E-state index in [4.69, 9.17) is 0 Å². The third kappa shape index (κ3) is 2.41. The summed E-state index contributed by atoms with van der Waals surface area (Å²) in [7, 11) is 1.90. The van der Waals surface area contributed by atoms with Crippen LogP contribution >= 0.6 is 0 Å². The lowest BCUT2D eigenvalue weighted by Gasteiger charge is -2.13. The fraction of sp³-hybridized carbons (Fsp3) is 0.462. The first-order valence-corrected chi connectivity index (χ1v) is 6.31. The van der Waals surface area contributed by atoms with Crippen LogP contribution in [0.1, 0.15) is 37.7 Å². The molecule has 5 nitrogen and oxygen atoms in total. The molecule has 0 saturated heterocycles. The molecule has 1 N–H and O–H groups in total. The van der Waals surface area contributed by atoms with E-state index in [1.807, 2.05) is 24.7 Å². The minimum atomic E-state index is 0.120. The molecule has 0 aliphatic rings. The van der Waals surface area contributed by atoms with Gasteiger partial charge in [0.1, 0.15) is 0 Å². The molecule has 5 heteroatoms. The van der Waals surface area contributed by atoms with Crippen molar-refractivity contribution in [1.82, 2.24) is 25.5 Å². The molecule has 96 valence electrons. The average Bonchev–Trinajstić information content (AvgIpc) is 2.88. The Balaban J connectivity index is 2.45. The van der Waals surface area contributed by atoms with Gasteiger partial charge in [-0.2, -0.15) is 4.68 Å². The van der Waals surface area contributed by atoms with E-state index in [0.717, 1.165) is 24.4 Å². The van der Waals surface area contributed by atoms with Gasteiger partial charge in [-0.25, -0.2) is 0 Å². The van der Waals surface area contributed by atoms with E-state index < -0.39 is 0 Å². The molecule has 1 aromatic heterocycles. The fourth-order valence-electron chi connectivity index (χ4n) is 1.96. The van der Waals surface area contributed by atoms with Crippen LogP contribution in [-0.4, -0.2) is 27.3 Å². The number of aromatic nitrogens is 4. The van der Waals surface area contributed by atoms with Gasteiger partial charge in [-0.15, -0.1) is 5.10 Å². The highest BCUT2D eigenvalue weighted by atomic mass is 15.5. The molecule has 1 heterocycles. The van der Waals surface area contributed by atoms with Gasteiger partial charge < -0.3 is 5.32 Å². The minimum Gasteiger partial charge on any atom is -0.311 e. The molecule has 0 radical (unpaired) electrons. The van der Waals surface area contributed by atoms with Crippen molar-refractivity contribution < 1.29 is 0 Å². The number of hydrogen-bond acceptors (Lipinski definition) is 4. The summed E-state index contributed by atoms with van der Waals surface area (Å²) in [6.07, 6.45) is 2.14. The molecule has 1 aromatic carbocycles. The standard InChI is InChI=1S/C13H19N5/c1-4-7-11-8-5-6-9-12(11)18-13(10(2)14-3)15-16-17-18/h5-6,8-10,14H,4,7H2,1-3H3. The van der Waals surface area contributed by atoms with Crippen LogP contribution in [0.25, 0.3) is 5.69 Å². The molecule has 2 aromatic rings. The highest BCUT2D eigenvalue weighted by molar-refractivity contribution is 5.40. The van der Waals surface area contributed by atoms with E-state index in [0.29, 0.717) is 0 Å². The largest absolute Gasteiger partial charge is 0.311 e. The van der Waals surface area contributed by atoms with Gasteiger partial charge in [0.2, 0.25) is 0 Å². The number of para-hydroxylation sites is 1. The Labute approximate surface area is 107 Å². The Morgan fingerprint density at radius 2 is 2.11 bits per heavy atom. The first-order valence-electron chi connectivity index (χ1n) is 6.31. The Hall–Kier alpha value is -1.75. The van der Waals surface area contributed by atoms with Crippen molar-refractivity contribution in [3.05, 3.63) is 35.7 Å².